The number of hydrogen-bond acceptors (Lipinski definition) is 3. The standard InChI is InChI=1S/C14H16FN3/c1-3-16-13(14-17-5-4-6-18-14)11-7-10(2)8-12(15)9-11/h4-9,13,16H,3H2,1-2H3. The Morgan fingerprint density at radius 3 is 2.56 bits per heavy atom. The Morgan fingerprint density at radius 2 is 1.94 bits per heavy atom. The molecule has 4 heteroatoms. The van der Waals surface area contributed by atoms with Gasteiger partial charge in [-0.25, -0.2) is 14.4 Å². The molecule has 3 nitrogen and oxygen atoms in total. The van der Waals surface area contributed by atoms with Crippen molar-refractivity contribution in [1.82, 2.24) is 15.3 Å². The summed E-state index contributed by atoms with van der Waals surface area (Å²) in [5.41, 5.74) is 1.74. The van der Waals surface area contributed by atoms with Gasteiger partial charge in [0.2, 0.25) is 0 Å². The van der Waals surface area contributed by atoms with Gasteiger partial charge >= 0.3 is 0 Å². The topological polar surface area (TPSA) is 37.8 Å². The van der Waals surface area contributed by atoms with Crippen molar-refractivity contribution in [3.05, 3.63) is 59.4 Å². The van der Waals surface area contributed by atoms with E-state index in [1.54, 1.807) is 18.5 Å². The summed E-state index contributed by atoms with van der Waals surface area (Å²) in [5, 5.41) is 3.28. The first kappa shape index (κ1) is 12.6. The normalized spacial score (nSPS) is 12.4. The number of halogens is 1. The van der Waals surface area contributed by atoms with E-state index < -0.39 is 0 Å². The molecule has 18 heavy (non-hydrogen) atoms. The van der Waals surface area contributed by atoms with Gasteiger partial charge in [-0.05, 0) is 42.8 Å². The fourth-order valence-electron chi connectivity index (χ4n) is 1.95. The molecule has 0 bridgehead atoms. The molecule has 1 aromatic heterocycles. The highest BCUT2D eigenvalue weighted by atomic mass is 19.1. The van der Waals surface area contributed by atoms with Gasteiger partial charge in [0, 0.05) is 12.4 Å². The molecule has 0 saturated heterocycles. The highest BCUT2D eigenvalue weighted by molar-refractivity contribution is 5.29. The molecule has 1 heterocycles. The van der Waals surface area contributed by atoms with Crippen LogP contribution < -0.4 is 5.32 Å². The third-order valence-electron chi connectivity index (χ3n) is 2.65. The van der Waals surface area contributed by atoms with E-state index in [0.717, 1.165) is 17.7 Å². The first-order valence-electron chi connectivity index (χ1n) is 5.98. The summed E-state index contributed by atoms with van der Waals surface area (Å²) < 4.78 is 13.5. The summed E-state index contributed by atoms with van der Waals surface area (Å²) in [6.45, 7) is 4.64. The predicted molar refractivity (Wildman–Crippen MR) is 68.7 cm³/mol. The zero-order valence-corrected chi connectivity index (χ0v) is 10.5. The lowest BCUT2D eigenvalue weighted by molar-refractivity contribution is 0.582. The van der Waals surface area contributed by atoms with Crippen LogP contribution >= 0.6 is 0 Å². The van der Waals surface area contributed by atoms with E-state index in [1.165, 1.54) is 12.1 Å². The Morgan fingerprint density at radius 1 is 1.22 bits per heavy atom. The summed E-state index contributed by atoms with van der Waals surface area (Å²) in [5.74, 6) is 0.424. The van der Waals surface area contributed by atoms with Gasteiger partial charge in [-0.15, -0.1) is 0 Å². The Kier molecular flexibility index (Phi) is 3.99. The molecule has 0 fully saturated rings. The van der Waals surface area contributed by atoms with E-state index >= 15 is 0 Å². The van der Waals surface area contributed by atoms with Crippen molar-refractivity contribution in [1.29, 1.82) is 0 Å². The van der Waals surface area contributed by atoms with E-state index in [4.69, 9.17) is 0 Å². The van der Waals surface area contributed by atoms with E-state index in [1.807, 2.05) is 19.9 Å². The predicted octanol–water partition coefficient (Wildman–Crippen LogP) is 2.62. The van der Waals surface area contributed by atoms with Crippen LogP contribution in [0.4, 0.5) is 4.39 Å². The van der Waals surface area contributed by atoms with E-state index in [-0.39, 0.29) is 11.9 Å². The van der Waals surface area contributed by atoms with Crippen LogP contribution in [0.1, 0.15) is 29.9 Å². The minimum Gasteiger partial charge on any atom is -0.304 e. The molecular weight excluding hydrogens is 229 g/mol. The van der Waals surface area contributed by atoms with Crippen LogP contribution in [0.2, 0.25) is 0 Å². The average Bonchev–Trinajstić information content (AvgIpc) is 2.36. The van der Waals surface area contributed by atoms with Crippen molar-refractivity contribution in [3.63, 3.8) is 0 Å². The number of nitrogens with zero attached hydrogens (tertiary/aromatic N) is 2. The van der Waals surface area contributed by atoms with Crippen LogP contribution in [-0.4, -0.2) is 16.5 Å². The molecule has 94 valence electrons. The lowest BCUT2D eigenvalue weighted by atomic mass is 10.0. The molecule has 0 radical (unpaired) electrons. The molecule has 0 amide bonds. The molecule has 0 spiro atoms. The molecule has 1 unspecified atom stereocenters. The highest BCUT2D eigenvalue weighted by Crippen LogP contribution is 2.20. The van der Waals surface area contributed by atoms with Crippen LogP contribution in [0.3, 0.4) is 0 Å². The van der Waals surface area contributed by atoms with Crippen molar-refractivity contribution in [2.75, 3.05) is 6.54 Å². The molecular formula is C14H16FN3. The maximum absolute atomic E-state index is 13.5. The molecule has 2 rings (SSSR count). The second-order valence-corrected chi connectivity index (χ2v) is 4.16. The van der Waals surface area contributed by atoms with Crippen LogP contribution in [0.5, 0.6) is 0 Å². The quantitative estimate of drug-likeness (QED) is 0.899. The smallest absolute Gasteiger partial charge is 0.149 e. The monoisotopic (exact) mass is 245 g/mol. The van der Waals surface area contributed by atoms with Crippen molar-refractivity contribution < 1.29 is 4.39 Å². The van der Waals surface area contributed by atoms with Crippen molar-refractivity contribution in [2.45, 2.75) is 19.9 Å². The Balaban J connectivity index is 2.41. The van der Waals surface area contributed by atoms with Gasteiger partial charge in [-0.3, -0.25) is 0 Å². The summed E-state index contributed by atoms with van der Waals surface area (Å²) in [6, 6.07) is 6.58. The minimum atomic E-state index is -0.233. The van der Waals surface area contributed by atoms with Gasteiger partial charge in [-0.1, -0.05) is 13.0 Å². The Labute approximate surface area is 106 Å². The van der Waals surface area contributed by atoms with Gasteiger partial charge in [0.05, 0.1) is 6.04 Å². The third kappa shape index (κ3) is 2.90. The lowest BCUT2D eigenvalue weighted by Crippen LogP contribution is -2.24. The van der Waals surface area contributed by atoms with Crippen molar-refractivity contribution in [2.24, 2.45) is 0 Å². The second-order valence-electron chi connectivity index (χ2n) is 4.16. The van der Waals surface area contributed by atoms with Gasteiger partial charge < -0.3 is 5.32 Å². The van der Waals surface area contributed by atoms with Gasteiger partial charge in [0.25, 0.3) is 0 Å². The Bertz CT molecular complexity index is 493. The molecule has 2 aromatic rings. The van der Waals surface area contributed by atoms with E-state index in [0.29, 0.717) is 5.82 Å². The summed E-state index contributed by atoms with van der Waals surface area (Å²) >= 11 is 0. The van der Waals surface area contributed by atoms with Gasteiger partial charge in [-0.2, -0.15) is 0 Å². The molecule has 1 atom stereocenters. The number of aryl methyl sites for hydroxylation is 1. The number of rotatable bonds is 4. The van der Waals surface area contributed by atoms with Crippen LogP contribution in [0.15, 0.2) is 36.7 Å². The van der Waals surface area contributed by atoms with Gasteiger partial charge in [0.1, 0.15) is 11.6 Å². The van der Waals surface area contributed by atoms with Gasteiger partial charge in [0.15, 0.2) is 0 Å². The first-order valence-corrected chi connectivity index (χ1v) is 5.98. The van der Waals surface area contributed by atoms with E-state index in [2.05, 4.69) is 15.3 Å². The molecule has 0 saturated carbocycles. The summed E-state index contributed by atoms with van der Waals surface area (Å²) in [6.07, 6.45) is 3.39. The van der Waals surface area contributed by atoms with E-state index in [9.17, 15) is 4.39 Å². The fraction of sp³-hybridized carbons (Fsp3) is 0.286. The van der Waals surface area contributed by atoms with Crippen LogP contribution in [-0.2, 0) is 0 Å². The molecule has 0 aliphatic heterocycles. The molecule has 0 aliphatic carbocycles. The van der Waals surface area contributed by atoms with Crippen molar-refractivity contribution in [3.8, 4) is 0 Å². The van der Waals surface area contributed by atoms with Crippen molar-refractivity contribution >= 4 is 0 Å². The maximum Gasteiger partial charge on any atom is 0.149 e. The highest BCUT2D eigenvalue weighted by Gasteiger charge is 2.16. The summed E-state index contributed by atoms with van der Waals surface area (Å²) in [7, 11) is 0. The maximum atomic E-state index is 13.5. The zero-order chi connectivity index (χ0) is 13.0. The minimum absolute atomic E-state index is 0.175. The largest absolute Gasteiger partial charge is 0.304 e. The molecule has 1 N–H and O–H groups in total. The average molecular weight is 245 g/mol. The zero-order valence-electron chi connectivity index (χ0n) is 10.5. The third-order valence-corrected chi connectivity index (χ3v) is 2.65. The van der Waals surface area contributed by atoms with Crippen LogP contribution in [0.25, 0.3) is 0 Å². The number of nitrogens with one attached hydrogen (secondary N) is 1. The fourth-order valence-corrected chi connectivity index (χ4v) is 1.95. The molecule has 1 aromatic carbocycles. The number of benzene rings is 1. The first-order chi connectivity index (χ1) is 8.70. The number of aromatic nitrogens is 2. The number of hydrogen-bond donors (Lipinski definition) is 1. The second kappa shape index (κ2) is 5.69. The molecule has 0 aliphatic rings. The van der Waals surface area contributed by atoms with Crippen LogP contribution in [0, 0.1) is 12.7 Å². The SMILES string of the molecule is CCNC(c1cc(C)cc(F)c1)c1ncccn1. The Hall–Kier alpha value is -1.81. The lowest BCUT2D eigenvalue weighted by Gasteiger charge is -2.17. The summed E-state index contributed by atoms with van der Waals surface area (Å²) in [4.78, 5) is 8.47.